The van der Waals surface area contributed by atoms with Crippen LogP contribution in [-0.2, 0) is 4.79 Å². The van der Waals surface area contributed by atoms with Gasteiger partial charge in [0.15, 0.2) is 0 Å². The summed E-state index contributed by atoms with van der Waals surface area (Å²) >= 11 is 0. The average molecular weight is 344 g/mol. The van der Waals surface area contributed by atoms with Gasteiger partial charge < -0.3 is 10.1 Å². The van der Waals surface area contributed by atoms with Crippen molar-refractivity contribution in [3.05, 3.63) is 29.3 Å². The number of hydrogen-bond donors (Lipinski definition) is 1. The van der Waals surface area contributed by atoms with Crippen LogP contribution in [0.3, 0.4) is 0 Å². The minimum Gasteiger partial charge on any atom is -0.492 e. The molecule has 2 aliphatic rings. The third kappa shape index (κ3) is 3.51. The largest absolute Gasteiger partial charge is 0.492 e. The SMILES string of the molecule is Cc1cc(OCCN2C(=O)NC3(CCCCC3)C2=O)ccc1C(C)C. The molecule has 0 atom stereocenters. The number of ether oxygens (including phenoxy) is 1. The van der Waals surface area contributed by atoms with Gasteiger partial charge in [-0.15, -0.1) is 0 Å². The van der Waals surface area contributed by atoms with Crippen LogP contribution in [-0.4, -0.2) is 35.5 Å². The first-order chi connectivity index (χ1) is 11.9. The van der Waals surface area contributed by atoms with Crippen molar-refractivity contribution in [3.63, 3.8) is 0 Å². The van der Waals surface area contributed by atoms with Gasteiger partial charge in [0, 0.05) is 0 Å². The van der Waals surface area contributed by atoms with Gasteiger partial charge in [-0.05, 0) is 48.9 Å². The maximum atomic E-state index is 12.7. The van der Waals surface area contributed by atoms with Crippen molar-refractivity contribution in [1.29, 1.82) is 0 Å². The van der Waals surface area contributed by atoms with Crippen molar-refractivity contribution in [2.45, 2.75) is 64.3 Å². The third-order valence-corrected chi connectivity index (χ3v) is 5.40. The summed E-state index contributed by atoms with van der Waals surface area (Å²) < 4.78 is 5.78. The van der Waals surface area contributed by atoms with E-state index < -0.39 is 5.54 Å². The van der Waals surface area contributed by atoms with E-state index >= 15 is 0 Å². The second kappa shape index (κ2) is 7.06. The molecule has 3 rings (SSSR count). The van der Waals surface area contributed by atoms with Crippen LogP contribution in [0.15, 0.2) is 18.2 Å². The number of urea groups is 1. The molecule has 2 fully saturated rings. The molecule has 25 heavy (non-hydrogen) atoms. The zero-order chi connectivity index (χ0) is 18.0. The van der Waals surface area contributed by atoms with E-state index in [2.05, 4.69) is 32.2 Å². The summed E-state index contributed by atoms with van der Waals surface area (Å²) in [6, 6.07) is 5.78. The molecule has 1 heterocycles. The standard InChI is InChI=1S/C20H28N2O3/c1-14(2)17-8-7-16(13-15(17)3)25-12-11-22-18(23)20(21-19(22)24)9-5-4-6-10-20/h7-8,13-14H,4-6,9-12H2,1-3H3,(H,21,24). The van der Waals surface area contributed by atoms with Gasteiger partial charge in [-0.1, -0.05) is 39.2 Å². The van der Waals surface area contributed by atoms with Crippen LogP contribution in [0.2, 0.25) is 0 Å². The lowest BCUT2D eigenvalue weighted by Gasteiger charge is -2.30. The lowest BCUT2D eigenvalue weighted by molar-refractivity contribution is -0.132. The van der Waals surface area contributed by atoms with Crippen LogP contribution in [0.1, 0.15) is 63.0 Å². The Kier molecular flexibility index (Phi) is 5.02. The second-order valence-electron chi connectivity index (χ2n) is 7.55. The van der Waals surface area contributed by atoms with E-state index in [1.807, 2.05) is 12.1 Å². The van der Waals surface area contributed by atoms with E-state index in [9.17, 15) is 9.59 Å². The van der Waals surface area contributed by atoms with Crippen LogP contribution in [0.4, 0.5) is 4.79 Å². The lowest BCUT2D eigenvalue weighted by atomic mass is 9.82. The van der Waals surface area contributed by atoms with Crippen molar-refractivity contribution in [2.75, 3.05) is 13.2 Å². The molecule has 1 aromatic carbocycles. The first-order valence-corrected chi connectivity index (χ1v) is 9.30. The summed E-state index contributed by atoms with van der Waals surface area (Å²) in [5, 5.41) is 2.93. The van der Waals surface area contributed by atoms with Crippen molar-refractivity contribution in [2.24, 2.45) is 0 Å². The summed E-state index contributed by atoms with van der Waals surface area (Å²) in [5.74, 6) is 1.18. The number of nitrogens with zero attached hydrogens (tertiary/aromatic N) is 1. The van der Waals surface area contributed by atoms with Crippen molar-refractivity contribution >= 4 is 11.9 Å². The smallest absolute Gasteiger partial charge is 0.325 e. The fourth-order valence-corrected chi connectivity index (χ4v) is 4.01. The molecular formula is C20H28N2O3. The fraction of sp³-hybridized carbons (Fsp3) is 0.600. The van der Waals surface area contributed by atoms with E-state index in [0.717, 1.165) is 37.9 Å². The fourth-order valence-electron chi connectivity index (χ4n) is 4.01. The summed E-state index contributed by atoms with van der Waals surface area (Å²) in [6.45, 7) is 7.02. The van der Waals surface area contributed by atoms with E-state index in [1.165, 1.54) is 16.0 Å². The van der Waals surface area contributed by atoms with Gasteiger partial charge in [-0.25, -0.2) is 4.79 Å². The lowest BCUT2D eigenvalue weighted by Crippen LogP contribution is -2.48. The van der Waals surface area contributed by atoms with Crippen molar-refractivity contribution in [1.82, 2.24) is 10.2 Å². The molecule has 1 saturated heterocycles. The van der Waals surface area contributed by atoms with Gasteiger partial charge in [0.05, 0.1) is 6.54 Å². The predicted octanol–water partition coefficient (Wildman–Crippen LogP) is 3.75. The molecule has 0 bridgehead atoms. The van der Waals surface area contributed by atoms with Crippen LogP contribution >= 0.6 is 0 Å². The summed E-state index contributed by atoms with van der Waals surface area (Å²) in [5.41, 5.74) is 1.86. The molecule has 1 N–H and O–H groups in total. The van der Waals surface area contributed by atoms with Gasteiger partial charge >= 0.3 is 6.03 Å². The Bertz CT molecular complexity index is 663. The Morgan fingerprint density at radius 2 is 1.92 bits per heavy atom. The van der Waals surface area contributed by atoms with E-state index in [0.29, 0.717) is 12.5 Å². The zero-order valence-electron chi connectivity index (χ0n) is 15.4. The molecule has 136 valence electrons. The summed E-state index contributed by atoms with van der Waals surface area (Å²) in [6.07, 6.45) is 4.64. The Hall–Kier alpha value is -2.04. The normalized spacial score (nSPS) is 19.6. The number of carbonyl (C=O) groups is 2. The number of hydrogen-bond acceptors (Lipinski definition) is 3. The molecule has 1 aliphatic heterocycles. The van der Waals surface area contributed by atoms with Crippen molar-refractivity contribution < 1.29 is 14.3 Å². The Balaban J connectivity index is 1.58. The number of aryl methyl sites for hydroxylation is 1. The summed E-state index contributed by atoms with van der Waals surface area (Å²) in [4.78, 5) is 26.2. The minimum atomic E-state index is -0.648. The number of nitrogens with one attached hydrogen (secondary N) is 1. The van der Waals surface area contributed by atoms with Gasteiger partial charge in [0.25, 0.3) is 5.91 Å². The highest BCUT2D eigenvalue weighted by Gasteiger charge is 2.50. The molecule has 1 spiro atoms. The van der Waals surface area contributed by atoms with Gasteiger partial charge in [-0.2, -0.15) is 0 Å². The van der Waals surface area contributed by atoms with Crippen LogP contribution < -0.4 is 10.1 Å². The number of benzene rings is 1. The maximum absolute atomic E-state index is 12.7. The van der Waals surface area contributed by atoms with Gasteiger partial charge in [-0.3, -0.25) is 9.69 Å². The van der Waals surface area contributed by atoms with Gasteiger partial charge in [0.2, 0.25) is 0 Å². The number of rotatable bonds is 5. The monoisotopic (exact) mass is 344 g/mol. The topological polar surface area (TPSA) is 58.6 Å². The molecule has 1 aliphatic carbocycles. The number of imide groups is 1. The first kappa shape index (κ1) is 17.8. The molecule has 1 saturated carbocycles. The Labute approximate surface area is 149 Å². The van der Waals surface area contributed by atoms with Gasteiger partial charge in [0.1, 0.15) is 17.9 Å². The molecule has 0 unspecified atom stereocenters. The third-order valence-electron chi connectivity index (χ3n) is 5.40. The maximum Gasteiger partial charge on any atom is 0.325 e. The van der Waals surface area contributed by atoms with E-state index in [1.54, 1.807) is 0 Å². The van der Waals surface area contributed by atoms with E-state index in [-0.39, 0.29) is 18.5 Å². The first-order valence-electron chi connectivity index (χ1n) is 9.30. The Morgan fingerprint density at radius 3 is 2.56 bits per heavy atom. The Morgan fingerprint density at radius 1 is 1.20 bits per heavy atom. The number of amides is 3. The predicted molar refractivity (Wildman–Crippen MR) is 96.8 cm³/mol. The number of carbonyl (C=O) groups excluding carboxylic acids is 2. The zero-order valence-corrected chi connectivity index (χ0v) is 15.4. The molecule has 1 aromatic rings. The van der Waals surface area contributed by atoms with E-state index in [4.69, 9.17) is 4.74 Å². The molecular weight excluding hydrogens is 316 g/mol. The quantitative estimate of drug-likeness (QED) is 0.828. The highest BCUT2D eigenvalue weighted by molar-refractivity contribution is 6.07. The van der Waals surface area contributed by atoms with Crippen LogP contribution in [0.25, 0.3) is 0 Å². The second-order valence-corrected chi connectivity index (χ2v) is 7.55. The molecule has 5 heteroatoms. The molecule has 3 amide bonds. The average Bonchev–Trinajstić information content (AvgIpc) is 2.79. The van der Waals surface area contributed by atoms with Crippen molar-refractivity contribution in [3.8, 4) is 5.75 Å². The van der Waals surface area contributed by atoms with Crippen LogP contribution in [0.5, 0.6) is 5.75 Å². The molecule has 0 aromatic heterocycles. The minimum absolute atomic E-state index is 0.0767. The molecule has 0 radical (unpaired) electrons. The van der Waals surface area contributed by atoms with Crippen LogP contribution in [0, 0.1) is 6.92 Å². The summed E-state index contributed by atoms with van der Waals surface area (Å²) in [7, 11) is 0. The highest BCUT2D eigenvalue weighted by Crippen LogP contribution is 2.33. The highest BCUT2D eigenvalue weighted by atomic mass is 16.5. The molecule has 5 nitrogen and oxygen atoms in total.